The molecule has 0 saturated heterocycles. The van der Waals surface area contributed by atoms with Crippen molar-refractivity contribution in [3.8, 4) is 10.6 Å². The second-order valence-electron chi connectivity index (χ2n) is 6.90. The van der Waals surface area contributed by atoms with Gasteiger partial charge in [0.05, 0.1) is 5.56 Å². The number of alkyl halides is 3. The highest BCUT2D eigenvalue weighted by Gasteiger charge is 2.30. The molecule has 4 rings (SSSR count). The third-order valence-corrected chi connectivity index (χ3v) is 5.47. The lowest BCUT2D eigenvalue weighted by molar-refractivity contribution is -0.137. The molecule has 3 aromatic heterocycles. The molecule has 1 aromatic carbocycles. The van der Waals surface area contributed by atoms with Gasteiger partial charge in [0, 0.05) is 35.4 Å². The van der Waals surface area contributed by atoms with Crippen LogP contribution in [0.25, 0.3) is 21.6 Å². The molecule has 0 bridgehead atoms. The van der Waals surface area contributed by atoms with Crippen LogP contribution >= 0.6 is 11.3 Å². The van der Waals surface area contributed by atoms with Crippen LogP contribution in [0, 0.1) is 6.92 Å². The highest BCUT2D eigenvalue weighted by Crippen LogP contribution is 2.30. The minimum absolute atomic E-state index is 0.308. The molecule has 0 aliphatic carbocycles. The summed E-state index contributed by atoms with van der Waals surface area (Å²) in [6.07, 6.45) is -2.37. The molecule has 4 aromatic rings. The number of hydrogen-bond donors (Lipinski definition) is 3. The maximum Gasteiger partial charge on any atom is 0.416 e. The Morgan fingerprint density at radius 1 is 1.23 bits per heavy atom. The summed E-state index contributed by atoms with van der Waals surface area (Å²) in [6, 6.07) is 6.77. The number of H-pyrrole nitrogens is 1. The van der Waals surface area contributed by atoms with Gasteiger partial charge in [-0.25, -0.2) is 4.98 Å². The van der Waals surface area contributed by atoms with Crippen molar-refractivity contribution in [1.82, 2.24) is 25.4 Å². The number of halogens is 3. The van der Waals surface area contributed by atoms with E-state index in [-0.39, 0.29) is 6.04 Å². The van der Waals surface area contributed by atoms with Crippen LogP contribution in [0.15, 0.2) is 36.5 Å². The molecule has 1 atom stereocenters. The zero-order valence-corrected chi connectivity index (χ0v) is 16.7. The molecule has 0 aliphatic rings. The molecule has 30 heavy (non-hydrogen) atoms. The lowest BCUT2D eigenvalue weighted by Crippen LogP contribution is -2.31. The van der Waals surface area contributed by atoms with Gasteiger partial charge in [-0.1, -0.05) is 29.5 Å². The predicted octanol–water partition coefficient (Wildman–Crippen LogP) is 3.79. The van der Waals surface area contributed by atoms with Crippen LogP contribution in [0.4, 0.5) is 18.3 Å². The SMILES string of the molecule is Cc1[nH]nc2ncc(-c3nnc(NC[C@H](N)Cc4cccc(C(F)(F)F)c4)s3)cc12. The van der Waals surface area contributed by atoms with Crippen LogP contribution in [0.3, 0.4) is 0 Å². The Labute approximate surface area is 173 Å². The molecule has 156 valence electrons. The number of hydrogen-bond acceptors (Lipinski definition) is 7. The van der Waals surface area contributed by atoms with E-state index in [2.05, 4.69) is 30.7 Å². The largest absolute Gasteiger partial charge is 0.416 e. The van der Waals surface area contributed by atoms with Crippen molar-refractivity contribution in [2.45, 2.75) is 25.6 Å². The Kier molecular flexibility index (Phi) is 5.39. The maximum atomic E-state index is 12.8. The fourth-order valence-corrected chi connectivity index (χ4v) is 3.75. The summed E-state index contributed by atoms with van der Waals surface area (Å²) in [7, 11) is 0. The van der Waals surface area contributed by atoms with Gasteiger partial charge < -0.3 is 11.1 Å². The molecule has 0 saturated carbocycles. The molecule has 3 heterocycles. The number of aromatic nitrogens is 5. The summed E-state index contributed by atoms with van der Waals surface area (Å²) in [5.41, 5.74) is 8.33. The molecule has 0 spiro atoms. The van der Waals surface area contributed by atoms with Gasteiger partial charge in [0.25, 0.3) is 0 Å². The number of anilines is 1. The predicted molar refractivity (Wildman–Crippen MR) is 109 cm³/mol. The molecular weight excluding hydrogens is 415 g/mol. The zero-order valence-electron chi connectivity index (χ0n) is 15.9. The fraction of sp³-hybridized carbons (Fsp3) is 0.263. The smallest absolute Gasteiger partial charge is 0.359 e. The van der Waals surface area contributed by atoms with Crippen LogP contribution < -0.4 is 11.1 Å². The highest BCUT2D eigenvalue weighted by molar-refractivity contribution is 7.18. The number of aromatic amines is 1. The normalized spacial score (nSPS) is 13.0. The van der Waals surface area contributed by atoms with Crippen LogP contribution in [-0.4, -0.2) is 38.0 Å². The summed E-state index contributed by atoms with van der Waals surface area (Å²) >= 11 is 1.35. The maximum absolute atomic E-state index is 12.8. The topological polar surface area (TPSA) is 105 Å². The number of benzene rings is 1. The molecule has 0 aliphatic heterocycles. The van der Waals surface area contributed by atoms with Gasteiger partial charge in [-0.3, -0.25) is 5.10 Å². The van der Waals surface area contributed by atoms with Crippen LogP contribution in [0.5, 0.6) is 0 Å². The molecular formula is C19H18F3N7S. The van der Waals surface area contributed by atoms with Gasteiger partial charge in [-0.2, -0.15) is 18.3 Å². The lowest BCUT2D eigenvalue weighted by Gasteiger charge is -2.13. The van der Waals surface area contributed by atoms with Gasteiger partial charge in [-0.05, 0) is 31.0 Å². The van der Waals surface area contributed by atoms with Gasteiger partial charge in [0.15, 0.2) is 10.7 Å². The van der Waals surface area contributed by atoms with Crippen LogP contribution in [0.1, 0.15) is 16.8 Å². The van der Waals surface area contributed by atoms with Gasteiger partial charge in [-0.15, -0.1) is 10.2 Å². The standard InChI is InChI=1S/C19H18F3N7S/c1-10-15-7-12(8-24-16(15)27-26-10)17-28-29-18(30-17)25-9-14(23)6-11-3-2-4-13(5-11)19(20,21)22/h2-5,7-8,14H,6,9,23H2,1H3,(H,25,29)(H,24,26,27)/t14-/m1/s1. The molecule has 0 radical (unpaired) electrons. The van der Waals surface area contributed by atoms with Gasteiger partial charge in [0.1, 0.15) is 0 Å². The Balaban J connectivity index is 1.38. The molecule has 0 fully saturated rings. The monoisotopic (exact) mass is 433 g/mol. The summed E-state index contributed by atoms with van der Waals surface area (Å²) in [5, 5.41) is 20.6. The van der Waals surface area contributed by atoms with E-state index in [1.165, 1.54) is 17.4 Å². The Hall–Kier alpha value is -3.05. The number of rotatable bonds is 6. The first kappa shape index (κ1) is 20.2. The summed E-state index contributed by atoms with van der Waals surface area (Å²) in [6.45, 7) is 2.27. The third kappa shape index (κ3) is 4.41. The number of nitrogens with two attached hydrogens (primary N) is 1. The van der Waals surface area contributed by atoms with E-state index in [1.807, 2.05) is 13.0 Å². The average Bonchev–Trinajstić information content (AvgIpc) is 3.33. The first-order chi connectivity index (χ1) is 14.3. The summed E-state index contributed by atoms with van der Waals surface area (Å²) in [4.78, 5) is 4.31. The average molecular weight is 433 g/mol. The number of nitrogens with zero attached hydrogens (tertiary/aromatic N) is 4. The molecule has 0 amide bonds. The van der Waals surface area contributed by atoms with Crippen molar-refractivity contribution in [1.29, 1.82) is 0 Å². The molecule has 4 N–H and O–H groups in total. The van der Waals surface area contributed by atoms with Crippen molar-refractivity contribution >= 4 is 27.5 Å². The van der Waals surface area contributed by atoms with Crippen molar-refractivity contribution < 1.29 is 13.2 Å². The zero-order chi connectivity index (χ0) is 21.3. The minimum atomic E-state index is -4.37. The summed E-state index contributed by atoms with van der Waals surface area (Å²) < 4.78 is 38.5. The number of pyridine rings is 1. The van der Waals surface area contributed by atoms with E-state index >= 15 is 0 Å². The Bertz CT molecular complexity index is 1170. The second-order valence-corrected chi connectivity index (χ2v) is 7.88. The van der Waals surface area contributed by atoms with E-state index in [1.54, 1.807) is 12.3 Å². The van der Waals surface area contributed by atoms with Crippen molar-refractivity contribution in [3.05, 3.63) is 53.3 Å². The van der Waals surface area contributed by atoms with Gasteiger partial charge in [0.2, 0.25) is 5.13 Å². The van der Waals surface area contributed by atoms with Gasteiger partial charge >= 0.3 is 6.18 Å². The Morgan fingerprint density at radius 2 is 2.07 bits per heavy atom. The minimum Gasteiger partial charge on any atom is -0.359 e. The first-order valence-corrected chi connectivity index (χ1v) is 9.91. The highest BCUT2D eigenvalue weighted by atomic mass is 32.1. The first-order valence-electron chi connectivity index (χ1n) is 9.10. The van der Waals surface area contributed by atoms with Crippen molar-refractivity contribution in [2.24, 2.45) is 5.73 Å². The lowest BCUT2D eigenvalue weighted by atomic mass is 10.0. The molecule has 11 heteroatoms. The number of aryl methyl sites for hydroxylation is 1. The fourth-order valence-electron chi connectivity index (χ4n) is 3.02. The van der Waals surface area contributed by atoms with Crippen molar-refractivity contribution in [3.63, 3.8) is 0 Å². The van der Waals surface area contributed by atoms with E-state index < -0.39 is 11.7 Å². The van der Waals surface area contributed by atoms with E-state index in [0.717, 1.165) is 28.8 Å². The van der Waals surface area contributed by atoms with Crippen LogP contribution in [-0.2, 0) is 12.6 Å². The number of fused-ring (bicyclic) bond motifs is 1. The summed E-state index contributed by atoms with van der Waals surface area (Å²) in [5.74, 6) is 0. The van der Waals surface area contributed by atoms with Crippen molar-refractivity contribution in [2.75, 3.05) is 11.9 Å². The quantitative estimate of drug-likeness (QED) is 0.427. The molecule has 0 unspecified atom stereocenters. The third-order valence-electron chi connectivity index (χ3n) is 4.54. The van der Waals surface area contributed by atoms with Crippen LogP contribution in [0.2, 0.25) is 0 Å². The number of nitrogens with one attached hydrogen (secondary N) is 2. The Morgan fingerprint density at radius 3 is 2.87 bits per heavy atom. The van der Waals surface area contributed by atoms with E-state index in [0.29, 0.717) is 34.3 Å². The van der Waals surface area contributed by atoms with E-state index in [4.69, 9.17) is 5.73 Å². The van der Waals surface area contributed by atoms with E-state index in [9.17, 15) is 13.2 Å². The molecule has 7 nitrogen and oxygen atoms in total. The second kappa shape index (κ2) is 8.00.